The molecular weight excluding hydrogens is 421 g/mol. The van der Waals surface area contributed by atoms with Crippen molar-refractivity contribution in [1.82, 2.24) is 16.2 Å². The Kier molecular flexibility index (Phi) is 7.55. The number of thiocarbonyl (C=S) groups is 1. The number of benzene rings is 2. The lowest BCUT2D eigenvalue weighted by molar-refractivity contribution is -0.116. The van der Waals surface area contributed by atoms with Crippen molar-refractivity contribution in [3.63, 3.8) is 0 Å². The van der Waals surface area contributed by atoms with E-state index >= 15 is 0 Å². The molecule has 2 aromatic carbocycles. The van der Waals surface area contributed by atoms with E-state index in [2.05, 4.69) is 32.1 Å². The average molecular weight is 438 g/mol. The predicted molar refractivity (Wildman–Crippen MR) is 107 cm³/mol. The largest absolute Gasteiger partial charge is 0.496 e. The van der Waals surface area contributed by atoms with Gasteiger partial charge in [-0.3, -0.25) is 15.6 Å². The monoisotopic (exact) mass is 437 g/mol. The number of carbonyl (C=O) groups excluding carboxylic acids is 1. The number of hydrazine groups is 1. The minimum absolute atomic E-state index is 0.246. The van der Waals surface area contributed by atoms with Crippen LogP contribution in [0.1, 0.15) is 11.1 Å². The van der Waals surface area contributed by atoms with Crippen molar-refractivity contribution in [2.45, 2.75) is 6.54 Å². The number of ether oxygens (including phenoxy) is 1. The quantitative estimate of drug-likeness (QED) is 0.380. The van der Waals surface area contributed by atoms with Gasteiger partial charge in [0.15, 0.2) is 5.11 Å². The summed E-state index contributed by atoms with van der Waals surface area (Å²) in [6.45, 7) is 0.410. The van der Waals surface area contributed by atoms with Crippen LogP contribution in [-0.4, -0.2) is 18.1 Å². The minimum Gasteiger partial charge on any atom is -0.496 e. The summed E-state index contributed by atoms with van der Waals surface area (Å²) in [6.07, 6.45) is 3.00. The second-order valence-electron chi connectivity index (χ2n) is 5.14. The maximum atomic E-state index is 12.8. The second kappa shape index (κ2) is 9.88. The molecule has 1 amide bonds. The van der Waals surface area contributed by atoms with E-state index in [1.54, 1.807) is 31.4 Å². The Morgan fingerprint density at radius 3 is 2.65 bits per heavy atom. The molecule has 0 saturated carbocycles. The summed E-state index contributed by atoms with van der Waals surface area (Å²) in [6, 6.07) is 11.5. The zero-order valence-corrected chi connectivity index (χ0v) is 16.3. The maximum Gasteiger partial charge on any atom is 0.262 e. The van der Waals surface area contributed by atoms with Crippen LogP contribution in [0.3, 0.4) is 0 Å². The van der Waals surface area contributed by atoms with Crippen LogP contribution in [0, 0.1) is 5.82 Å². The molecule has 0 atom stereocenters. The van der Waals surface area contributed by atoms with Crippen molar-refractivity contribution in [3.8, 4) is 5.75 Å². The lowest BCUT2D eigenvalue weighted by Crippen LogP contribution is -2.45. The van der Waals surface area contributed by atoms with Crippen molar-refractivity contribution in [2.75, 3.05) is 7.11 Å². The summed E-state index contributed by atoms with van der Waals surface area (Å²) in [5.74, 6) is -0.0183. The van der Waals surface area contributed by atoms with Crippen LogP contribution >= 0.6 is 28.1 Å². The van der Waals surface area contributed by atoms with Crippen LogP contribution in [0.5, 0.6) is 5.75 Å². The van der Waals surface area contributed by atoms with Gasteiger partial charge >= 0.3 is 0 Å². The van der Waals surface area contributed by atoms with Crippen LogP contribution in [0.2, 0.25) is 0 Å². The number of hydrogen-bond acceptors (Lipinski definition) is 3. The molecule has 0 unspecified atom stereocenters. The van der Waals surface area contributed by atoms with Gasteiger partial charge in [-0.25, -0.2) is 4.39 Å². The first-order chi connectivity index (χ1) is 12.5. The molecule has 2 aromatic rings. The number of carbonyl (C=O) groups is 1. The number of halogens is 2. The van der Waals surface area contributed by atoms with E-state index in [-0.39, 0.29) is 16.8 Å². The molecule has 0 fully saturated rings. The molecule has 5 nitrogen and oxygen atoms in total. The number of rotatable bonds is 5. The molecule has 0 aromatic heterocycles. The van der Waals surface area contributed by atoms with E-state index in [1.165, 1.54) is 18.2 Å². The van der Waals surface area contributed by atoms with Crippen LogP contribution in [-0.2, 0) is 11.3 Å². The molecule has 0 heterocycles. The molecule has 0 bridgehead atoms. The smallest absolute Gasteiger partial charge is 0.262 e. The Balaban J connectivity index is 1.80. The Bertz CT molecular complexity index is 813. The van der Waals surface area contributed by atoms with Gasteiger partial charge in [0.25, 0.3) is 5.91 Å². The fourth-order valence-electron chi connectivity index (χ4n) is 1.99. The second-order valence-corrected chi connectivity index (χ2v) is 6.47. The lowest BCUT2D eigenvalue weighted by atomic mass is 10.2. The molecule has 3 N–H and O–H groups in total. The van der Waals surface area contributed by atoms with Gasteiger partial charge in [-0.2, -0.15) is 0 Å². The van der Waals surface area contributed by atoms with Gasteiger partial charge in [-0.05, 0) is 54.2 Å². The number of nitrogens with one attached hydrogen (secondary N) is 3. The molecule has 0 aliphatic rings. The van der Waals surface area contributed by atoms with Gasteiger partial charge in [-0.15, -0.1) is 0 Å². The van der Waals surface area contributed by atoms with Gasteiger partial charge < -0.3 is 10.1 Å². The molecule has 0 radical (unpaired) electrons. The third kappa shape index (κ3) is 6.45. The van der Waals surface area contributed by atoms with Crippen molar-refractivity contribution in [3.05, 3.63) is 70.0 Å². The first kappa shape index (κ1) is 19.9. The van der Waals surface area contributed by atoms with Gasteiger partial charge in [-0.1, -0.05) is 28.1 Å². The summed E-state index contributed by atoms with van der Waals surface area (Å²) >= 11 is 8.44. The first-order valence-corrected chi connectivity index (χ1v) is 8.78. The van der Waals surface area contributed by atoms with Crippen molar-refractivity contribution in [2.24, 2.45) is 0 Å². The Labute approximate surface area is 164 Å². The zero-order chi connectivity index (χ0) is 18.9. The summed E-state index contributed by atoms with van der Waals surface area (Å²) in [4.78, 5) is 11.9. The van der Waals surface area contributed by atoms with E-state index < -0.39 is 0 Å². The molecule has 0 aliphatic heterocycles. The maximum absolute atomic E-state index is 12.8. The Hall–Kier alpha value is -2.45. The van der Waals surface area contributed by atoms with Gasteiger partial charge in [0, 0.05) is 22.7 Å². The average Bonchev–Trinajstić information content (AvgIpc) is 2.64. The summed E-state index contributed by atoms with van der Waals surface area (Å²) in [5.41, 5.74) is 6.68. The molecule has 0 aliphatic carbocycles. The van der Waals surface area contributed by atoms with Crippen LogP contribution in [0.4, 0.5) is 4.39 Å². The highest BCUT2D eigenvalue weighted by Crippen LogP contribution is 2.23. The molecule has 0 saturated heterocycles. The summed E-state index contributed by atoms with van der Waals surface area (Å²) in [7, 11) is 1.56. The number of hydrogen-bond donors (Lipinski definition) is 3. The topological polar surface area (TPSA) is 62.4 Å². The molecule has 136 valence electrons. The lowest BCUT2D eigenvalue weighted by Gasteiger charge is -2.10. The van der Waals surface area contributed by atoms with Crippen LogP contribution < -0.4 is 20.9 Å². The minimum atomic E-state index is -0.377. The van der Waals surface area contributed by atoms with Gasteiger partial charge in [0.05, 0.1) is 7.11 Å². The highest BCUT2D eigenvalue weighted by molar-refractivity contribution is 9.10. The normalized spacial score (nSPS) is 10.4. The molecule has 8 heteroatoms. The van der Waals surface area contributed by atoms with E-state index in [0.29, 0.717) is 12.3 Å². The fraction of sp³-hybridized carbons (Fsp3) is 0.111. The Morgan fingerprint density at radius 2 is 1.96 bits per heavy atom. The molecule has 26 heavy (non-hydrogen) atoms. The van der Waals surface area contributed by atoms with E-state index in [0.717, 1.165) is 15.6 Å². The van der Waals surface area contributed by atoms with Crippen LogP contribution in [0.25, 0.3) is 6.08 Å². The van der Waals surface area contributed by atoms with Crippen LogP contribution in [0.15, 0.2) is 53.0 Å². The first-order valence-electron chi connectivity index (χ1n) is 7.58. The third-order valence-corrected chi connectivity index (χ3v) is 4.01. The Morgan fingerprint density at radius 1 is 1.23 bits per heavy atom. The summed E-state index contributed by atoms with van der Waals surface area (Å²) < 4.78 is 19.0. The molecule has 0 spiro atoms. The highest BCUT2D eigenvalue weighted by Gasteiger charge is 2.02. The third-order valence-electron chi connectivity index (χ3n) is 3.27. The highest BCUT2D eigenvalue weighted by atomic mass is 79.9. The van der Waals surface area contributed by atoms with Gasteiger partial charge in [0.1, 0.15) is 11.6 Å². The molecule has 2 rings (SSSR count). The number of amides is 1. The van der Waals surface area contributed by atoms with Crippen molar-refractivity contribution < 1.29 is 13.9 Å². The predicted octanol–water partition coefficient (Wildman–Crippen LogP) is 3.31. The zero-order valence-electron chi connectivity index (χ0n) is 13.9. The van der Waals surface area contributed by atoms with Crippen molar-refractivity contribution in [1.29, 1.82) is 0 Å². The van der Waals surface area contributed by atoms with E-state index in [4.69, 9.17) is 17.0 Å². The standard InChI is InChI=1S/C18H17BrFN3O2S/c1-25-16-8-5-14(19)10-13(16)4-9-17(24)22-23-18(26)21-11-12-2-6-15(20)7-3-12/h2-10H,11H2,1H3,(H,22,24)(H2,21,23,26)/b9-4+. The molecular formula is C18H17BrFN3O2S. The van der Waals surface area contributed by atoms with E-state index in [9.17, 15) is 9.18 Å². The van der Waals surface area contributed by atoms with Crippen molar-refractivity contribution >= 4 is 45.2 Å². The fourth-order valence-corrected chi connectivity index (χ4v) is 2.49. The van der Waals surface area contributed by atoms with E-state index in [1.807, 2.05) is 12.1 Å². The summed E-state index contributed by atoms with van der Waals surface area (Å²) in [5, 5.41) is 3.15. The SMILES string of the molecule is COc1ccc(Br)cc1/C=C/C(=O)NNC(=S)NCc1ccc(F)cc1. The number of methoxy groups -OCH3 is 1. The van der Waals surface area contributed by atoms with Gasteiger partial charge in [0.2, 0.25) is 0 Å².